The van der Waals surface area contributed by atoms with Gasteiger partial charge in [-0.25, -0.2) is 0 Å². The number of hydrogen-bond donors (Lipinski definition) is 1. The summed E-state index contributed by atoms with van der Waals surface area (Å²) >= 11 is 0. The molecule has 0 bridgehead atoms. The van der Waals surface area contributed by atoms with Crippen LogP contribution in [0.25, 0.3) is 10.8 Å². The molecule has 1 aliphatic heterocycles. The Morgan fingerprint density at radius 1 is 1.16 bits per heavy atom. The van der Waals surface area contributed by atoms with E-state index in [-0.39, 0.29) is 18.5 Å². The molecule has 25 heavy (non-hydrogen) atoms. The Kier molecular flexibility index (Phi) is 4.93. The Bertz CT molecular complexity index is 783. The number of hydrogen-bond acceptors (Lipinski definition) is 3. The summed E-state index contributed by atoms with van der Waals surface area (Å²) in [7, 11) is 0. The fraction of sp³-hybridized carbons (Fsp3) is 0.400. The molecule has 2 aromatic carbocycles. The monoisotopic (exact) mass is 341 g/mol. The van der Waals surface area contributed by atoms with E-state index in [0.717, 1.165) is 10.8 Å². The minimum absolute atomic E-state index is 0.0293. The van der Waals surface area contributed by atoms with Gasteiger partial charge in [0.05, 0.1) is 5.92 Å². The van der Waals surface area contributed by atoms with Crippen molar-refractivity contribution in [2.45, 2.75) is 38.8 Å². The number of aliphatic carboxylic acids is 1. The number of fused-ring (bicyclic) bond motifs is 1. The molecule has 3 atom stereocenters. The van der Waals surface area contributed by atoms with Crippen molar-refractivity contribution in [2.24, 2.45) is 5.92 Å². The van der Waals surface area contributed by atoms with E-state index in [1.54, 1.807) is 11.8 Å². The quantitative estimate of drug-likeness (QED) is 0.926. The number of nitrogens with zero attached hydrogens (tertiary/aromatic N) is 1. The maximum Gasteiger partial charge on any atom is 0.308 e. The average molecular weight is 341 g/mol. The van der Waals surface area contributed by atoms with Crippen LogP contribution in [0.4, 0.5) is 0 Å². The first-order valence-electron chi connectivity index (χ1n) is 8.65. The molecule has 1 aliphatic rings. The number of likely N-dealkylation sites (tertiary alicyclic amines) is 1. The minimum atomic E-state index is -0.840. The van der Waals surface area contributed by atoms with Crippen molar-refractivity contribution in [1.29, 1.82) is 0 Å². The smallest absolute Gasteiger partial charge is 0.308 e. The Labute approximate surface area is 147 Å². The highest BCUT2D eigenvalue weighted by molar-refractivity contribution is 5.89. The van der Waals surface area contributed by atoms with Gasteiger partial charge in [-0.1, -0.05) is 36.4 Å². The van der Waals surface area contributed by atoms with Gasteiger partial charge < -0.3 is 14.7 Å². The topological polar surface area (TPSA) is 66.8 Å². The second kappa shape index (κ2) is 7.13. The van der Waals surface area contributed by atoms with E-state index < -0.39 is 18.0 Å². The molecule has 3 rings (SSSR count). The van der Waals surface area contributed by atoms with Gasteiger partial charge in [-0.3, -0.25) is 9.59 Å². The van der Waals surface area contributed by atoms with E-state index in [1.807, 2.05) is 49.4 Å². The van der Waals surface area contributed by atoms with Crippen molar-refractivity contribution in [3.63, 3.8) is 0 Å². The molecule has 132 valence electrons. The highest BCUT2D eigenvalue weighted by atomic mass is 16.5. The van der Waals surface area contributed by atoms with Crippen LogP contribution >= 0.6 is 0 Å². The Morgan fingerprint density at radius 3 is 2.64 bits per heavy atom. The number of piperidine rings is 1. The van der Waals surface area contributed by atoms with E-state index in [1.165, 1.54) is 0 Å². The Morgan fingerprint density at radius 2 is 1.88 bits per heavy atom. The molecule has 5 nitrogen and oxygen atoms in total. The molecule has 0 spiro atoms. The predicted molar refractivity (Wildman–Crippen MR) is 95.6 cm³/mol. The number of carbonyl (C=O) groups excluding carboxylic acids is 1. The van der Waals surface area contributed by atoms with Gasteiger partial charge in [-0.05, 0) is 38.1 Å². The van der Waals surface area contributed by atoms with E-state index in [0.29, 0.717) is 18.6 Å². The normalized spacial score (nSPS) is 21.8. The van der Waals surface area contributed by atoms with Crippen molar-refractivity contribution in [3.8, 4) is 5.75 Å². The number of benzene rings is 2. The number of ether oxygens (including phenoxy) is 1. The molecule has 3 unspecified atom stereocenters. The van der Waals surface area contributed by atoms with Gasteiger partial charge in [0.25, 0.3) is 5.91 Å². The maximum absolute atomic E-state index is 12.8. The average Bonchev–Trinajstić information content (AvgIpc) is 2.61. The van der Waals surface area contributed by atoms with Crippen molar-refractivity contribution >= 4 is 22.6 Å². The van der Waals surface area contributed by atoms with Gasteiger partial charge in [0.2, 0.25) is 0 Å². The largest absolute Gasteiger partial charge is 0.481 e. The Hall–Kier alpha value is -2.56. The van der Waals surface area contributed by atoms with Gasteiger partial charge in [0.1, 0.15) is 5.75 Å². The van der Waals surface area contributed by atoms with Gasteiger partial charge in [0, 0.05) is 18.0 Å². The standard InChI is InChI=1S/C20H23NO4/c1-13-10-11-16(20(23)24)12-21(13)19(22)14(2)25-18-9-5-7-15-6-3-4-8-17(15)18/h3-9,13-14,16H,10-12H2,1-2H3,(H,23,24). The molecule has 0 saturated carbocycles. The van der Waals surface area contributed by atoms with Crippen LogP contribution in [-0.4, -0.2) is 40.6 Å². The summed E-state index contributed by atoms with van der Waals surface area (Å²) in [5, 5.41) is 11.3. The highest BCUT2D eigenvalue weighted by Crippen LogP contribution is 2.28. The fourth-order valence-corrected chi connectivity index (χ4v) is 3.39. The molecule has 1 amide bonds. The van der Waals surface area contributed by atoms with Crippen molar-refractivity contribution in [3.05, 3.63) is 42.5 Å². The van der Waals surface area contributed by atoms with Gasteiger partial charge in [-0.15, -0.1) is 0 Å². The van der Waals surface area contributed by atoms with E-state index in [2.05, 4.69) is 0 Å². The molecule has 0 aromatic heterocycles. The molecule has 0 aliphatic carbocycles. The predicted octanol–water partition coefficient (Wildman–Crippen LogP) is 3.32. The second-order valence-corrected chi connectivity index (χ2v) is 6.69. The van der Waals surface area contributed by atoms with Crippen molar-refractivity contribution < 1.29 is 19.4 Å². The summed E-state index contributed by atoms with van der Waals surface area (Å²) in [6, 6.07) is 13.6. The van der Waals surface area contributed by atoms with Gasteiger partial charge in [-0.2, -0.15) is 0 Å². The van der Waals surface area contributed by atoms with Crippen molar-refractivity contribution in [2.75, 3.05) is 6.54 Å². The summed E-state index contributed by atoms with van der Waals surface area (Å²) in [6.07, 6.45) is 0.642. The SMILES string of the molecule is CC(Oc1cccc2ccccc12)C(=O)N1CC(C(=O)O)CCC1C. The summed E-state index contributed by atoms with van der Waals surface area (Å²) in [5.74, 6) is -0.831. The van der Waals surface area contributed by atoms with Gasteiger partial charge >= 0.3 is 5.97 Å². The first kappa shape index (κ1) is 17.3. The lowest BCUT2D eigenvalue weighted by Gasteiger charge is -2.37. The zero-order chi connectivity index (χ0) is 18.0. The first-order chi connectivity index (χ1) is 12.0. The van der Waals surface area contributed by atoms with E-state index in [9.17, 15) is 14.7 Å². The number of carbonyl (C=O) groups is 2. The molecule has 1 N–H and O–H groups in total. The third-order valence-electron chi connectivity index (χ3n) is 4.92. The van der Waals surface area contributed by atoms with Crippen LogP contribution in [-0.2, 0) is 9.59 Å². The Balaban J connectivity index is 1.76. The van der Waals surface area contributed by atoms with Crippen LogP contribution in [0, 0.1) is 5.92 Å². The van der Waals surface area contributed by atoms with Crippen LogP contribution < -0.4 is 4.74 Å². The number of carboxylic acid groups (broad SMARTS) is 1. The zero-order valence-electron chi connectivity index (χ0n) is 14.5. The molecular formula is C20H23NO4. The lowest BCUT2D eigenvalue weighted by Crippen LogP contribution is -2.51. The second-order valence-electron chi connectivity index (χ2n) is 6.69. The highest BCUT2D eigenvalue weighted by Gasteiger charge is 2.35. The fourth-order valence-electron chi connectivity index (χ4n) is 3.39. The first-order valence-corrected chi connectivity index (χ1v) is 8.65. The van der Waals surface area contributed by atoms with Crippen LogP contribution in [0.3, 0.4) is 0 Å². The molecule has 1 heterocycles. The number of rotatable bonds is 4. The molecule has 1 fully saturated rings. The lowest BCUT2D eigenvalue weighted by atomic mass is 9.93. The molecule has 2 aromatic rings. The molecule has 1 saturated heterocycles. The van der Waals surface area contributed by atoms with Crippen LogP contribution in [0.5, 0.6) is 5.75 Å². The molecule has 5 heteroatoms. The third kappa shape index (κ3) is 3.60. The van der Waals surface area contributed by atoms with E-state index >= 15 is 0 Å². The minimum Gasteiger partial charge on any atom is -0.481 e. The number of amides is 1. The van der Waals surface area contributed by atoms with Crippen LogP contribution in [0.1, 0.15) is 26.7 Å². The lowest BCUT2D eigenvalue weighted by molar-refractivity contribution is -0.149. The molecular weight excluding hydrogens is 318 g/mol. The summed E-state index contributed by atoms with van der Waals surface area (Å²) in [4.78, 5) is 25.7. The summed E-state index contributed by atoms with van der Waals surface area (Å²) in [6.45, 7) is 3.93. The van der Waals surface area contributed by atoms with Crippen LogP contribution in [0.15, 0.2) is 42.5 Å². The van der Waals surface area contributed by atoms with Crippen LogP contribution in [0.2, 0.25) is 0 Å². The van der Waals surface area contributed by atoms with E-state index in [4.69, 9.17) is 4.74 Å². The summed E-state index contributed by atoms with van der Waals surface area (Å²) in [5.41, 5.74) is 0. The maximum atomic E-state index is 12.8. The van der Waals surface area contributed by atoms with Crippen molar-refractivity contribution in [1.82, 2.24) is 4.90 Å². The molecule has 0 radical (unpaired) electrons. The zero-order valence-corrected chi connectivity index (χ0v) is 14.5. The van der Waals surface area contributed by atoms with Gasteiger partial charge in [0.15, 0.2) is 6.10 Å². The summed E-state index contributed by atoms with van der Waals surface area (Å²) < 4.78 is 5.95. The third-order valence-corrected chi connectivity index (χ3v) is 4.92. The number of carboxylic acids is 1.